The number of aromatic hydroxyl groups is 1. The fraction of sp³-hybridized carbons (Fsp3) is 0.308. The van der Waals surface area contributed by atoms with Crippen molar-refractivity contribution < 1.29 is 15.0 Å². The molecule has 20 heavy (non-hydrogen) atoms. The molecule has 0 aliphatic carbocycles. The number of amides is 1. The van der Waals surface area contributed by atoms with Gasteiger partial charge in [-0.05, 0) is 12.1 Å². The van der Waals surface area contributed by atoms with E-state index in [2.05, 4.69) is 0 Å². The second-order valence-corrected chi connectivity index (χ2v) is 5.39. The van der Waals surface area contributed by atoms with E-state index in [1.54, 1.807) is 0 Å². The van der Waals surface area contributed by atoms with Crippen LogP contribution in [0.1, 0.15) is 17.9 Å². The van der Waals surface area contributed by atoms with E-state index < -0.39 is 0 Å². The molecular formula is C13H14Cl2N2O3. The highest BCUT2D eigenvalue weighted by atomic mass is 35.5. The molecule has 0 radical (unpaired) electrons. The Kier molecular flexibility index (Phi) is 4.42. The van der Waals surface area contributed by atoms with Gasteiger partial charge in [0.1, 0.15) is 5.75 Å². The van der Waals surface area contributed by atoms with Gasteiger partial charge in [0.05, 0.1) is 22.3 Å². The van der Waals surface area contributed by atoms with Crippen LogP contribution >= 0.6 is 23.2 Å². The zero-order valence-electron chi connectivity index (χ0n) is 10.5. The van der Waals surface area contributed by atoms with E-state index in [-0.39, 0.29) is 41.3 Å². The zero-order chi connectivity index (χ0) is 14.9. The molecule has 7 heteroatoms. The van der Waals surface area contributed by atoms with Crippen molar-refractivity contribution in [1.82, 2.24) is 4.90 Å². The Labute approximate surface area is 126 Å². The number of likely N-dealkylation sites (tertiary alicyclic amines) is 1. The maximum atomic E-state index is 11.9. The Hall–Kier alpha value is -1.43. The summed E-state index contributed by atoms with van der Waals surface area (Å²) in [5.74, 6) is -0.406. The van der Waals surface area contributed by atoms with Gasteiger partial charge in [-0.3, -0.25) is 4.79 Å². The van der Waals surface area contributed by atoms with Crippen molar-refractivity contribution in [2.75, 3.05) is 13.2 Å². The van der Waals surface area contributed by atoms with Gasteiger partial charge < -0.3 is 20.8 Å². The van der Waals surface area contributed by atoms with E-state index in [4.69, 9.17) is 34.0 Å². The lowest BCUT2D eigenvalue weighted by Crippen LogP contribution is -2.21. The average molecular weight is 317 g/mol. The summed E-state index contributed by atoms with van der Waals surface area (Å²) in [5.41, 5.74) is 6.16. The number of rotatable bonds is 3. The first-order valence-corrected chi connectivity index (χ1v) is 6.73. The molecule has 5 nitrogen and oxygen atoms in total. The van der Waals surface area contributed by atoms with E-state index in [1.807, 2.05) is 0 Å². The standard InChI is InChI=1S/C13H14Cl2N2O3/c14-9-1-2-10(19)12(13(9)15)7-3-11(20)17(4-7)5-8(16)6-18/h1-2,5,7,18-19H,3-4,6,16H2/b8-5-/t7-/m1/s1. The molecule has 0 unspecified atom stereocenters. The lowest BCUT2D eigenvalue weighted by Gasteiger charge is -2.15. The second-order valence-electron chi connectivity index (χ2n) is 4.60. The molecule has 0 aromatic heterocycles. The molecule has 1 aliphatic heterocycles. The summed E-state index contributed by atoms with van der Waals surface area (Å²) in [4.78, 5) is 13.3. The Balaban J connectivity index is 2.29. The highest BCUT2D eigenvalue weighted by Crippen LogP contribution is 2.41. The number of benzene rings is 1. The van der Waals surface area contributed by atoms with Crippen molar-refractivity contribution in [2.24, 2.45) is 5.73 Å². The first-order valence-electron chi connectivity index (χ1n) is 5.97. The van der Waals surface area contributed by atoms with E-state index >= 15 is 0 Å². The number of hydrogen-bond donors (Lipinski definition) is 3. The molecule has 2 rings (SSSR count). The number of carbonyl (C=O) groups excluding carboxylic acids is 1. The highest BCUT2D eigenvalue weighted by molar-refractivity contribution is 6.42. The molecule has 0 bridgehead atoms. The summed E-state index contributed by atoms with van der Waals surface area (Å²) in [6.07, 6.45) is 1.60. The minimum atomic E-state index is -0.322. The first kappa shape index (κ1) is 15.0. The summed E-state index contributed by atoms with van der Waals surface area (Å²) in [6.45, 7) is 0.00474. The van der Waals surface area contributed by atoms with Crippen molar-refractivity contribution >= 4 is 29.1 Å². The smallest absolute Gasteiger partial charge is 0.227 e. The van der Waals surface area contributed by atoms with E-state index in [0.29, 0.717) is 17.1 Å². The maximum Gasteiger partial charge on any atom is 0.227 e. The van der Waals surface area contributed by atoms with Gasteiger partial charge >= 0.3 is 0 Å². The molecule has 4 N–H and O–H groups in total. The molecule has 1 aliphatic rings. The molecule has 1 atom stereocenters. The van der Waals surface area contributed by atoms with Crippen LogP contribution in [0.15, 0.2) is 24.0 Å². The van der Waals surface area contributed by atoms with Crippen LogP contribution in [-0.2, 0) is 4.79 Å². The predicted octanol–water partition coefficient (Wildman–Crippen LogP) is 1.81. The Morgan fingerprint density at radius 2 is 2.20 bits per heavy atom. The lowest BCUT2D eigenvalue weighted by atomic mass is 9.97. The quantitative estimate of drug-likeness (QED) is 0.793. The molecule has 0 saturated carbocycles. The molecule has 1 amide bonds. The van der Waals surface area contributed by atoms with Crippen LogP contribution in [0, 0.1) is 0 Å². The number of aliphatic hydroxyl groups is 1. The number of aliphatic hydroxyl groups excluding tert-OH is 1. The lowest BCUT2D eigenvalue weighted by molar-refractivity contribution is -0.125. The summed E-state index contributed by atoms with van der Waals surface area (Å²) in [6, 6.07) is 2.95. The van der Waals surface area contributed by atoms with Crippen LogP contribution in [0.25, 0.3) is 0 Å². The van der Waals surface area contributed by atoms with Gasteiger partial charge in [-0.25, -0.2) is 0 Å². The van der Waals surface area contributed by atoms with Gasteiger partial charge in [0, 0.05) is 30.6 Å². The number of nitrogens with zero attached hydrogens (tertiary/aromatic N) is 1. The van der Waals surface area contributed by atoms with Gasteiger partial charge in [0.15, 0.2) is 0 Å². The van der Waals surface area contributed by atoms with E-state index in [9.17, 15) is 9.90 Å². The van der Waals surface area contributed by atoms with Gasteiger partial charge in [0.2, 0.25) is 5.91 Å². The van der Waals surface area contributed by atoms with Crippen LogP contribution in [0.4, 0.5) is 0 Å². The fourth-order valence-corrected chi connectivity index (χ4v) is 2.71. The summed E-state index contributed by atoms with van der Waals surface area (Å²) >= 11 is 12.0. The normalized spacial score (nSPS) is 19.8. The number of nitrogens with two attached hydrogens (primary N) is 1. The molecule has 1 heterocycles. The number of carbonyl (C=O) groups is 1. The molecule has 1 fully saturated rings. The SMILES string of the molecule is N/C(=C\N1C[C@H](c2c(O)ccc(Cl)c2Cl)CC1=O)CO. The van der Waals surface area contributed by atoms with Crippen LogP contribution in [0.5, 0.6) is 5.75 Å². The largest absolute Gasteiger partial charge is 0.508 e. The molecule has 108 valence electrons. The third-order valence-corrected chi connectivity index (χ3v) is 4.00. The van der Waals surface area contributed by atoms with Crippen molar-refractivity contribution in [1.29, 1.82) is 0 Å². The minimum Gasteiger partial charge on any atom is -0.508 e. The van der Waals surface area contributed by atoms with Crippen molar-refractivity contribution in [2.45, 2.75) is 12.3 Å². The molecule has 0 spiro atoms. The van der Waals surface area contributed by atoms with Crippen LogP contribution in [-0.4, -0.2) is 34.2 Å². The first-order chi connectivity index (χ1) is 9.43. The zero-order valence-corrected chi connectivity index (χ0v) is 12.0. The molecule has 1 aromatic rings. The van der Waals surface area contributed by atoms with Crippen LogP contribution < -0.4 is 5.73 Å². The Morgan fingerprint density at radius 3 is 2.85 bits per heavy atom. The van der Waals surface area contributed by atoms with Gasteiger partial charge in [-0.15, -0.1) is 0 Å². The topological polar surface area (TPSA) is 86.8 Å². The summed E-state index contributed by atoms with van der Waals surface area (Å²) in [5, 5.41) is 19.4. The van der Waals surface area contributed by atoms with Crippen LogP contribution in [0.2, 0.25) is 10.0 Å². The Morgan fingerprint density at radius 1 is 1.50 bits per heavy atom. The number of hydrogen-bond acceptors (Lipinski definition) is 4. The van der Waals surface area contributed by atoms with Crippen LogP contribution in [0.3, 0.4) is 0 Å². The fourth-order valence-electron chi connectivity index (χ4n) is 2.24. The second kappa shape index (κ2) is 5.91. The van der Waals surface area contributed by atoms with Gasteiger partial charge in [-0.2, -0.15) is 0 Å². The maximum absolute atomic E-state index is 11.9. The van der Waals surface area contributed by atoms with Crippen molar-refractivity contribution in [3.8, 4) is 5.75 Å². The Bertz CT molecular complexity index is 575. The minimum absolute atomic E-state index is 0.0122. The molecule has 1 saturated heterocycles. The molecule has 1 aromatic carbocycles. The summed E-state index contributed by atoms with van der Waals surface area (Å²) in [7, 11) is 0. The highest BCUT2D eigenvalue weighted by Gasteiger charge is 2.33. The molecular weight excluding hydrogens is 303 g/mol. The van der Waals surface area contributed by atoms with Crippen molar-refractivity contribution in [3.05, 3.63) is 39.6 Å². The monoisotopic (exact) mass is 316 g/mol. The van der Waals surface area contributed by atoms with Gasteiger partial charge in [0.25, 0.3) is 0 Å². The summed E-state index contributed by atoms with van der Waals surface area (Å²) < 4.78 is 0. The van der Waals surface area contributed by atoms with E-state index in [0.717, 1.165) is 0 Å². The number of phenols is 1. The third kappa shape index (κ3) is 2.85. The van der Waals surface area contributed by atoms with E-state index in [1.165, 1.54) is 23.2 Å². The average Bonchev–Trinajstić information content (AvgIpc) is 2.75. The number of phenolic OH excluding ortho intramolecular Hbond substituents is 1. The van der Waals surface area contributed by atoms with Gasteiger partial charge in [-0.1, -0.05) is 23.2 Å². The third-order valence-electron chi connectivity index (χ3n) is 3.18. The number of halogens is 2. The predicted molar refractivity (Wildman–Crippen MR) is 76.6 cm³/mol. The van der Waals surface area contributed by atoms with Crippen molar-refractivity contribution in [3.63, 3.8) is 0 Å².